The van der Waals surface area contributed by atoms with Gasteiger partial charge in [-0.1, -0.05) is 41.9 Å². The van der Waals surface area contributed by atoms with E-state index in [0.29, 0.717) is 5.69 Å². The average molecular weight is 478 g/mol. The number of aromatic nitrogens is 2. The maximum atomic E-state index is 12.8. The minimum absolute atomic E-state index is 0.0797. The van der Waals surface area contributed by atoms with Gasteiger partial charge >= 0.3 is 0 Å². The third-order valence-corrected chi connectivity index (χ3v) is 6.89. The molecule has 29 heavy (non-hydrogen) atoms. The van der Waals surface area contributed by atoms with E-state index in [4.69, 9.17) is 0 Å². The third kappa shape index (κ3) is 4.39. The quantitative estimate of drug-likeness (QED) is 0.585. The molecule has 0 aliphatic carbocycles. The lowest BCUT2D eigenvalue weighted by atomic mass is 10.0. The molecule has 1 heterocycles. The van der Waals surface area contributed by atoms with Crippen LogP contribution < -0.4 is 10.3 Å². The SMILES string of the molecule is Cc1c(C(C)C)c(=O)n(-c2ccc(S(=O)(=O)NCc3ccc(Br)cc3)cc2)n1C. The van der Waals surface area contributed by atoms with Gasteiger partial charge in [0.1, 0.15) is 0 Å². The Labute approximate surface area is 179 Å². The largest absolute Gasteiger partial charge is 0.285 e. The fourth-order valence-electron chi connectivity index (χ4n) is 3.32. The summed E-state index contributed by atoms with van der Waals surface area (Å²) in [4.78, 5) is 13.0. The summed E-state index contributed by atoms with van der Waals surface area (Å²) in [6.07, 6.45) is 0. The normalized spacial score (nSPS) is 11.9. The van der Waals surface area contributed by atoms with Crippen LogP contribution >= 0.6 is 15.9 Å². The maximum absolute atomic E-state index is 12.8. The van der Waals surface area contributed by atoms with Crippen molar-refractivity contribution in [2.75, 3.05) is 0 Å². The molecule has 0 aliphatic rings. The van der Waals surface area contributed by atoms with Gasteiger partial charge in [-0.2, -0.15) is 0 Å². The smallest absolute Gasteiger partial charge is 0.275 e. The second kappa shape index (κ2) is 8.30. The number of benzene rings is 2. The molecule has 0 unspecified atom stereocenters. The highest BCUT2D eigenvalue weighted by Crippen LogP contribution is 2.19. The highest BCUT2D eigenvalue weighted by atomic mass is 79.9. The number of rotatable bonds is 6. The van der Waals surface area contributed by atoms with E-state index in [1.54, 1.807) is 21.5 Å². The van der Waals surface area contributed by atoms with Crippen LogP contribution in [0, 0.1) is 6.92 Å². The summed E-state index contributed by atoms with van der Waals surface area (Å²) in [6, 6.07) is 13.8. The molecular weight excluding hydrogens is 454 g/mol. The molecule has 154 valence electrons. The Morgan fingerprint density at radius 1 is 1.03 bits per heavy atom. The number of hydrogen-bond donors (Lipinski definition) is 1. The maximum Gasteiger partial charge on any atom is 0.275 e. The zero-order valence-corrected chi connectivity index (χ0v) is 19.2. The molecule has 0 saturated carbocycles. The standard InChI is InChI=1S/C21H24BrN3O3S/c1-14(2)20-15(3)24(4)25(21(20)26)18-9-11-19(12-10-18)29(27,28)23-13-16-5-7-17(22)8-6-16/h5-12,14,23H,13H2,1-4H3. The van der Waals surface area contributed by atoms with Crippen molar-refractivity contribution in [3.8, 4) is 5.69 Å². The van der Waals surface area contributed by atoms with Crippen molar-refractivity contribution in [3.05, 3.63) is 80.2 Å². The van der Waals surface area contributed by atoms with Gasteiger partial charge in [0.15, 0.2) is 0 Å². The van der Waals surface area contributed by atoms with Crippen molar-refractivity contribution in [2.24, 2.45) is 7.05 Å². The van der Waals surface area contributed by atoms with Crippen LogP contribution in [0.15, 0.2) is 62.7 Å². The summed E-state index contributed by atoms with van der Waals surface area (Å²) in [5.41, 5.74) is 3.07. The molecule has 2 aromatic carbocycles. The van der Waals surface area contributed by atoms with Crippen molar-refractivity contribution >= 4 is 26.0 Å². The summed E-state index contributed by atoms with van der Waals surface area (Å²) in [5.74, 6) is 0.109. The van der Waals surface area contributed by atoms with Gasteiger partial charge in [-0.3, -0.25) is 9.48 Å². The monoisotopic (exact) mass is 477 g/mol. The van der Waals surface area contributed by atoms with E-state index < -0.39 is 10.0 Å². The molecule has 0 radical (unpaired) electrons. The van der Waals surface area contributed by atoms with E-state index in [9.17, 15) is 13.2 Å². The van der Waals surface area contributed by atoms with Crippen molar-refractivity contribution in [1.29, 1.82) is 0 Å². The first-order valence-electron chi connectivity index (χ1n) is 9.25. The molecule has 1 aromatic heterocycles. The van der Waals surface area contributed by atoms with E-state index in [1.807, 2.05) is 52.1 Å². The van der Waals surface area contributed by atoms with Gasteiger partial charge in [-0.25, -0.2) is 17.8 Å². The third-order valence-electron chi connectivity index (χ3n) is 4.95. The lowest BCUT2D eigenvalue weighted by molar-refractivity contribution is 0.581. The second-order valence-electron chi connectivity index (χ2n) is 7.24. The van der Waals surface area contributed by atoms with Crippen LogP contribution in [-0.2, 0) is 23.6 Å². The molecule has 0 atom stereocenters. The van der Waals surface area contributed by atoms with E-state index in [0.717, 1.165) is 21.3 Å². The number of hydrogen-bond acceptors (Lipinski definition) is 3. The number of sulfonamides is 1. The fraction of sp³-hybridized carbons (Fsp3) is 0.286. The molecule has 3 rings (SSSR count). The van der Waals surface area contributed by atoms with Gasteiger partial charge in [0.2, 0.25) is 10.0 Å². The number of nitrogens with zero attached hydrogens (tertiary/aromatic N) is 2. The van der Waals surface area contributed by atoms with Gasteiger partial charge < -0.3 is 0 Å². The molecular formula is C21H24BrN3O3S. The van der Waals surface area contributed by atoms with Crippen LogP contribution in [0.2, 0.25) is 0 Å². The minimum atomic E-state index is -3.66. The van der Waals surface area contributed by atoms with E-state index in [-0.39, 0.29) is 22.9 Å². The number of nitrogens with one attached hydrogen (secondary N) is 1. The summed E-state index contributed by atoms with van der Waals surface area (Å²) in [7, 11) is -1.83. The van der Waals surface area contributed by atoms with Gasteiger partial charge in [-0.05, 0) is 54.8 Å². The average Bonchev–Trinajstić information content (AvgIpc) is 2.90. The van der Waals surface area contributed by atoms with Crippen LogP contribution in [0.5, 0.6) is 0 Å². The Kier molecular flexibility index (Phi) is 6.16. The molecule has 1 N–H and O–H groups in total. The van der Waals surface area contributed by atoms with E-state index in [2.05, 4.69) is 20.7 Å². The van der Waals surface area contributed by atoms with Gasteiger partial charge in [-0.15, -0.1) is 0 Å². The highest BCUT2D eigenvalue weighted by Gasteiger charge is 2.19. The van der Waals surface area contributed by atoms with Gasteiger partial charge in [0, 0.05) is 29.3 Å². The van der Waals surface area contributed by atoms with Crippen molar-refractivity contribution in [2.45, 2.75) is 38.1 Å². The predicted octanol–water partition coefficient (Wildman–Crippen LogP) is 3.85. The van der Waals surface area contributed by atoms with Crippen molar-refractivity contribution < 1.29 is 8.42 Å². The lowest BCUT2D eigenvalue weighted by Gasteiger charge is -2.10. The molecule has 0 fully saturated rings. The Hall–Kier alpha value is -2.16. The Morgan fingerprint density at radius 2 is 1.62 bits per heavy atom. The summed E-state index contributed by atoms with van der Waals surface area (Å²) < 4.78 is 32.1. The lowest BCUT2D eigenvalue weighted by Crippen LogP contribution is -2.24. The van der Waals surface area contributed by atoms with Crippen LogP contribution in [-0.4, -0.2) is 17.8 Å². The molecule has 0 bridgehead atoms. The van der Waals surface area contributed by atoms with Crippen LogP contribution in [0.1, 0.15) is 36.6 Å². The number of halogens is 1. The first kappa shape index (κ1) is 21.5. The van der Waals surface area contributed by atoms with E-state index in [1.165, 1.54) is 12.1 Å². The van der Waals surface area contributed by atoms with Crippen LogP contribution in [0.4, 0.5) is 0 Å². The van der Waals surface area contributed by atoms with Crippen molar-refractivity contribution in [3.63, 3.8) is 0 Å². The van der Waals surface area contributed by atoms with Gasteiger partial charge in [0.05, 0.1) is 10.6 Å². The predicted molar refractivity (Wildman–Crippen MR) is 118 cm³/mol. The van der Waals surface area contributed by atoms with Crippen LogP contribution in [0.3, 0.4) is 0 Å². The molecule has 0 spiro atoms. The molecule has 0 saturated heterocycles. The molecule has 6 nitrogen and oxygen atoms in total. The summed E-state index contributed by atoms with van der Waals surface area (Å²) in [5, 5.41) is 0. The first-order valence-corrected chi connectivity index (χ1v) is 11.5. The first-order chi connectivity index (χ1) is 13.6. The molecule has 3 aromatic rings. The highest BCUT2D eigenvalue weighted by molar-refractivity contribution is 9.10. The molecule has 0 amide bonds. The van der Waals surface area contributed by atoms with Crippen LogP contribution in [0.25, 0.3) is 5.69 Å². The van der Waals surface area contributed by atoms with Crippen molar-refractivity contribution in [1.82, 2.24) is 14.1 Å². The molecule has 0 aliphatic heterocycles. The fourth-order valence-corrected chi connectivity index (χ4v) is 4.60. The summed E-state index contributed by atoms with van der Waals surface area (Å²) >= 11 is 3.36. The Balaban J connectivity index is 1.86. The van der Waals surface area contributed by atoms with Gasteiger partial charge in [0.25, 0.3) is 5.56 Å². The molecule has 8 heteroatoms. The zero-order valence-electron chi connectivity index (χ0n) is 16.8. The topological polar surface area (TPSA) is 73.1 Å². The zero-order chi connectivity index (χ0) is 21.3. The Bertz CT molecular complexity index is 1180. The summed E-state index contributed by atoms with van der Waals surface area (Å²) in [6.45, 7) is 6.09. The Morgan fingerprint density at radius 3 is 2.14 bits per heavy atom. The van der Waals surface area contributed by atoms with E-state index >= 15 is 0 Å². The second-order valence-corrected chi connectivity index (χ2v) is 9.92. The minimum Gasteiger partial charge on any atom is -0.285 e.